The van der Waals surface area contributed by atoms with Gasteiger partial charge in [0.1, 0.15) is 0 Å². The van der Waals surface area contributed by atoms with Crippen LogP contribution in [-0.2, 0) is 24.6 Å². The Hall–Kier alpha value is -3.87. The van der Waals surface area contributed by atoms with Crippen molar-refractivity contribution in [2.45, 2.75) is 26.1 Å². The van der Waals surface area contributed by atoms with Crippen LogP contribution in [0.1, 0.15) is 28.5 Å². The minimum atomic E-state index is -4.87. The number of fused-ring (bicyclic) bond motifs is 3. The molecule has 0 atom stereocenters. The number of nitrogens with zero attached hydrogens (tertiary/aromatic N) is 6. The molecule has 0 radical (unpaired) electrons. The third-order valence-electron chi connectivity index (χ3n) is 6.65. The van der Waals surface area contributed by atoms with E-state index in [0.717, 1.165) is 24.2 Å². The monoisotopic (exact) mass is 531 g/mol. The van der Waals surface area contributed by atoms with E-state index in [1.165, 1.54) is 12.1 Å². The summed E-state index contributed by atoms with van der Waals surface area (Å²) >= 11 is 0. The number of alkyl halides is 3. The van der Waals surface area contributed by atoms with Crippen LogP contribution >= 0.6 is 0 Å². The Kier molecular flexibility index (Phi) is 6.86. The fourth-order valence-corrected chi connectivity index (χ4v) is 4.78. The molecule has 0 spiro atoms. The number of carbonyl (C=O) groups excluding carboxylic acids is 1. The van der Waals surface area contributed by atoms with Gasteiger partial charge in [-0.3, -0.25) is 4.68 Å². The number of aromatic nitrogens is 4. The van der Waals surface area contributed by atoms with Gasteiger partial charge in [0.25, 0.3) is 0 Å². The Morgan fingerprint density at radius 3 is 2.61 bits per heavy atom. The van der Waals surface area contributed by atoms with Crippen molar-refractivity contribution in [2.24, 2.45) is 7.05 Å². The average Bonchev–Trinajstić information content (AvgIpc) is 3.22. The molecule has 1 aliphatic heterocycles. The Balaban J connectivity index is 1.47. The standard InChI is InChI=1S/C25H28F3N7O3/c1-4-37-23(36)21-17-7-5-15-14-29-24(31-20(15)22(17)34(3)32-21)30-18-8-6-16(13-19(18)38-25(26,27)28)35-11-9-33(2)10-12-35/h6,8,13-14H,4-5,7,9-12H2,1-3H3,(H,29,30,31). The largest absolute Gasteiger partial charge is 0.573 e. The lowest BCUT2D eigenvalue weighted by Crippen LogP contribution is -2.44. The van der Waals surface area contributed by atoms with E-state index in [2.05, 4.69) is 30.0 Å². The number of carbonyl (C=O) groups is 1. The van der Waals surface area contributed by atoms with Crippen LogP contribution in [0.25, 0.3) is 11.4 Å². The van der Waals surface area contributed by atoms with Gasteiger partial charge < -0.3 is 24.6 Å². The van der Waals surface area contributed by atoms with Gasteiger partial charge in [-0.1, -0.05) is 0 Å². The molecule has 38 heavy (non-hydrogen) atoms. The zero-order chi connectivity index (χ0) is 27.0. The van der Waals surface area contributed by atoms with Gasteiger partial charge in [-0.15, -0.1) is 13.2 Å². The van der Waals surface area contributed by atoms with Gasteiger partial charge in [-0.2, -0.15) is 5.10 Å². The van der Waals surface area contributed by atoms with Gasteiger partial charge in [-0.05, 0) is 44.5 Å². The minimum Gasteiger partial charge on any atom is -0.461 e. The highest BCUT2D eigenvalue weighted by Crippen LogP contribution is 2.37. The predicted octanol–water partition coefficient (Wildman–Crippen LogP) is 3.55. The van der Waals surface area contributed by atoms with Gasteiger partial charge in [0, 0.05) is 56.7 Å². The first-order chi connectivity index (χ1) is 18.1. The van der Waals surface area contributed by atoms with Crippen molar-refractivity contribution in [3.8, 4) is 17.1 Å². The molecule has 1 aromatic carbocycles. The van der Waals surface area contributed by atoms with Gasteiger partial charge in [-0.25, -0.2) is 14.8 Å². The summed E-state index contributed by atoms with van der Waals surface area (Å²) in [5.41, 5.74) is 3.73. The fraction of sp³-hybridized carbons (Fsp3) is 0.440. The molecule has 3 heterocycles. The van der Waals surface area contributed by atoms with Crippen molar-refractivity contribution in [3.05, 3.63) is 41.2 Å². The molecular weight excluding hydrogens is 503 g/mol. The number of likely N-dealkylation sites (N-methyl/N-ethyl adjacent to an activating group) is 1. The molecule has 13 heteroatoms. The van der Waals surface area contributed by atoms with Crippen molar-refractivity contribution >= 4 is 23.3 Å². The molecule has 0 amide bonds. The van der Waals surface area contributed by atoms with Crippen LogP contribution in [0, 0.1) is 0 Å². The second-order valence-electron chi connectivity index (χ2n) is 9.23. The number of esters is 1. The maximum Gasteiger partial charge on any atom is 0.573 e. The first-order valence-electron chi connectivity index (χ1n) is 12.3. The Morgan fingerprint density at radius 1 is 1.13 bits per heavy atom. The number of nitrogens with one attached hydrogen (secondary N) is 1. The Labute approximate surface area is 217 Å². The Bertz CT molecular complexity index is 1350. The number of benzene rings is 1. The van der Waals surface area contributed by atoms with Crippen LogP contribution in [0.4, 0.5) is 30.5 Å². The number of hydrogen-bond donors (Lipinski definition) is 1. The van der Waals surface area contributed by atoms with Gasteiger partial charge >= 0.3 is 12.3 Å². The van der Waals surface area contributed by atoms with E-state index in [9.17, 15) is 18.0 Å². The molecule has 3 aromatic rings. The van der Waals surface area contributed by atoms with Gasteiger partial charge in [0.2, 0.25) is 5.95 Å². The van der Waals surface area contributed by atoms with Crippen LogP contribution in [0.2, 0.25) is 0 Å². The van der Waals surface area contributed by atoms with Crippen LogP contribution in [0.3, 0.4) is 0 Å². The summed E-state index contributed by atoms with van der Waals surface area (Å²) in [6.07, 6.45) is -2.09. The number of hydrogen-bond acceptors (Lipinski definition) is 9. The molecule has 0 bridgehead atoms. The maximum atomic E-state index is 13.3. The molecule has 202 valence electrons. The normalized spacial score (nSPS) is 15.6. The van der Waals surface area contributed by atoms with Crippen LogP contribution in [0.5, 0.6) is 5.75 Å². The lowest BCUT2D eigenvalue weighted by molar-refractivity contribution is -0.274. The number of ether oxygens (including phenoxy) is 2. The first kappa shape index (κ1) is 25.8. The van der Waals surface area contributed by atoms with Gasteiger partial charge in [0.15, 0.2) is 11.4 Å². The van der Waals surface area contributed by atoms with Crippen molar-refractivity contribution in [1.82, 2.24) is 24.6 Å². The van der Waals surface area contributed by atoms with Crippen molar-refractivity contribution in [1.29, 1.82) is 0 Å². The number of halogens is 3. The van der Waals surface area contributed by atoms with Crippen LogP contribution < -0.4 is 15.0 Å². The summed E-state index contributed by atoms with van der Waals surface area (Å²) in [5.74, 6) is -0.787. The molecule has 2 aliphatic rings. The highest BCUT2D eigenvalue weighted by molar-refractivity contribution is 5.91. The van der Waals surface area contributed by atoms with Crippen molar-refractivity contribution in [3.63, 3.8) is 0 Å². The quantitative estimate of drug-likeness (QED) is 0.479. The van der Waals surface area contributed by atoms with E-state index in [-0.39, 0.29) is 29.7 Å². The summed E-state index contributed by atoms with van der Waals surface area (Å²) in [6, 6.07) is 4.66. The molecule has 1 aliphatic carbocycles. The number of aryl methyl sites for hydroxylation is 2. The zero-order valence-corrected chi connectivity index (χ0v) is 21.3. The minimum absolute atomic E-state index is 0.0772. The lowest BCUT2D eigenvalue weighted by atomic mass is 9.93. The highest BCUT2D eigenvalue weighted by Gasteiger charge is 2.33. The summed E-state index contributed by atoms with van der Waals surface area (Å²) in [5, 5.41) is 7.23. The molecule has 0 unspecified atom stereocenters. The molecule has 10 nitrogen and oxygen atoms in total. The second-order valence-corrected chi connectivity index (χ2v) is 9.23. The second kappa shape index (κ2) is 10.1. The lowest BCUT2D eigenvalue weighted by Gasteiger charge is -2.34. The van der Waals surface area contributed by atoms with E-state index < -0.39 is 12.3 Å². The van der Waals surface area contributed by atoms with E-state index in [0.29, 0.717) is 43.0 Å². The van der Waals surface area contributed by atoms with E-state index in [1.54, 1.807) is 30.9 Å². The summed E-state index contributed by atoms with van der Waals surface area (Å²) in [4.78, 5) is 25.5. The third kappa shape index (κ3) is 5.23. The number of anilines is 3. The Morgan fingerprint density at radius 2 is 1.89 bits per heavy atom. The fourth-order valence-electron chi connectivity index (χ4n) is 4.78. The molecule has 0 saturated carbocycles. The molecular formula is C25H28F3N7O3. The van der Waals surface area contributed by atoms with Crippen molar-refractivity contribution < 1.29 is 27.4 Å². The topological polar surface area (TPSA) is 97.6 Å². The number of rotatable bonds is 6. The number of piperazine rings is 1. The molecule has 2 aromatic heterocycles. The van der Waals surface area contributed by atoms with Crippen LogP contribution in [-0.4, -0.2) is 76.8 Å². The molecule has 1 fully saturated rings. The van der Waals surface area contributed by atoms with Crippen LogP contribution in [0.15, 0.2) is 24.4 Å². The predicted molar refractivity (Wildman–Crippen MR) is 134 cm³/mol. The first-order valence-corrected chi connectivity index (χ1v) is 12.3. The molecule has 1 N–H and O–H groups in total. The smallest absolute Gasteiger partial charge is 0.461 e. The molecule has 1 saturated heterocycles. The molecule has 5 rings (SSSR count). The summed E-state index contributed by atoms with van der Waals surface area (Å²) < 4.78 is 51.0. The van der Waals surface area contributed by atoms with Gasteiger partial charge in [0.05, 0.1) is 23.7 Å². The zero-order valence-electron chi connectivity index (χ0n) is 21.3. The highest BCUT2D eigenvalue weighted by atomic mass is 19.4. The third-order valence-corrected chi connectivity index (χ3v) is 6.65. The SMILES string of the molecule is CCOC(=O)c1nn(C)c2c1CCc1cnc(Nc3ccc(N4CCN(C)CC4)cc3OC(F)(F)F)nc1-2. The van der Waals surface area contributed by atoms with E-state index in [1.807, 2.05) is 11.9 Å². The summed E-state index contributed by atoms with van der Waals surface area (Å²) in [7, 11) is 3.71. The average molecular weight is 532 g/mol. The summed E-state index contributed by atoms with van der Waals surface area (Å²) in [6.45, 7) is 4.97. The van der Waals surface area contributed by atoms with Crippen molar-refractivity contribution in [2.75, 3.05) is 50.1 Å². The van der Waals surface area contributed by atoms with E-state index >= 15 is 0 Å². The maximum absolute atomic E-state index is 13.3. The van der Waals surface area contributed by atoms with E-state index in [4.69, 9.17) is 4.74 Å².